The number of ether oxygens (including phenoxy) is 2. The van der Waals surface area contributed by atoms with Crippen molar-refractivity contribution < 1.29 is 9.47 Å². The molecule has 96 valence electrons. The van der Waals surface area contributed by atoms with E-state index in [1.54, 1.807) is 7.11 Å². The number of halogens is 1. The van der Waals surface area contributed by atoms with Gasteiger partial charge >= 0.3 is 0 Å². The van der Waals surface area contributed by atoms with Crippen LogP contribution in [0.4, 0.5) is 0 Å². The molecular weight excluding hydrogens is 238 g/mol. The Morgan fingerprint density at radius 1 is 1.35 bits per heavy atom. The zero-order valence-corrected chi connectivity index (χ0v) is 11.3. The van der Waals surface area contributed by atoms with Gasteiger partial charge in [0.05, 0.1) is 11.1 Å². The topological polar surface area (TPSA) is 44.5 Å². The Bertz CT molecular complexity index is 355. The summed E-state index contributed by atoms with van der Waals surface area (Å²) in [4.78, 5) is 0. The Hall–Kier alpha value is -0.770. The lowest BCUT2D eigenvalue weighted by molar-refractivity contribution is 0.0717. The summed E-state index contributed by atoms with van der Waals surface area (Å²) in [6, 6.07) is 5.90. The maximum atomic E-state index is 6.13. The van der Waals surface area contributed by atoms with E-state index in [0.717, 1.165) is 12.0 Å². The van der Waals surface area contributed by atoms with E-state index < -0.39 is 0 Å². The van der Waals surface area contributed by atoms with Crippen LogP contribution in [0.2, 0.25) is 5.02 Å². The third-order valence-corrected chi connectivity index (χ3v) is 2.73. The molecule has 0 radical (unpaired) electrons. The molecule has 0 fully saturated rings. The SMILES string of the molecule is COC(C)COc1ccc(CC(C)N)cc1Cl. The Morgan fingerprint density at radius 2 is 2.06 bits per heavy atom. The molecule has 0 saturated heterocycles. The van der Waals surface area contributed by atoms with Crippen molar-refractivity contribution in [1.82, 2.24) is 0 Å². The van der Waals surface area contributed by atoms with Crippen LogP contribution in [0.5, 0.6) is 5.75 Å². The first-order valence-electron chi connectivity index (χ1n) is 5.72. The summed E-state index contributed by atoms with van der Waals surface area (Å²) in [5.74, 6) is 0.684. The van der Waals surface area contributed by atoms with Crippen molar-refractivity contribution in [3.8, 4) is 5.75 Å². The van der Waals surface area contributed by atoms with E-state index in [4.69, 9.17) is 26.8 Å². The van der Waals surface area contributed by atoms with Gasteiger partial charge in [-0.15, -0.1) is 0 Å². The fraction of sp³-hybridized carbons (Fsp3) is 0.538. The first-order valence-corrected chi connectivity index (χ1v) is 6.10. The molecule has 0 saturated carbocycles. The molecule has 17 heavy (non-hydrogen) atoms. The van der Waals surface area contributed by atoms with Gasteiger partial charge in [0.2, 0.25) is 0 Å². The third-order valence-electron chi connectivity index (χ3n) is 2.43. The molecule has 0 aromatic heterocycles. The van der Waals surface area contributed by atoms with Crippen molar-refractivity contribution in [3.05, 3.63) is 28.8 Å². The van der Waals surface area contributed by atoms with Crippen LogP contribution in [0.15, 0.2) is 18.2 Å². The zero-order chi connectivity index (χ0) is 12.8. The van der Waals surface area contributed by atoms with E-state index in [0.29, 0.717) is 17.4 Å². The monoisotopic (exact) mass is 257 g/mol. The molecule has 2 N–H and O–H groups in total. The van der Waals surface area contributed by atoms with E-state index >= 15 is 0 Å². The lowest BCUT2D eigenvalue weighted by atomic mass is 10.1. The van der Waals surface area contributed by atoms with E-state index in [9.17, 15) is 0 Å². The molecule has 1 aromatic carbocycles. The van der Waals surface area contributed by atoms with Crippen LogP contribution in [0.25, 0.3) is 0 Å². The van der Waals surface area contributed by atoms with Crippen LogP contribution >= 0.6 is 11.6 Å². The predicted octanol–water partition coefficient (Wildman–Crippen LogP) is 2.64. The van der Waals surface area contributed by atoms with Crippen molar-refractivity contribution in [2.75, 3.05) is 13.7 Å². The molecule has 0 heterocycles. The van der Waals surface area contributed by atoms with Crippen LogP contribution in [-0.4, -0.2) is 25.9 Å². The fourth-order valence-electron chi connectivity index (χ4n) is 1.44. The minimum atomic E-state index is 0.0507. The molecule has 0 spiro atoms. The maximum absolute atomic E-state index is 6.13. The standard InChI is InChI=1S/C13H20ClNO2/c1-9(15)6-11-4-5-13(12(14)7-11)17-8-10(2)16-3/h4-5,7,9-10H,6,8,15H2,1-3H3. The van der Waals surface area contributed by atoms with E-state index in [1.807, 2.05) is 32.0 Å². The number of methoxy groups -OCH3 is 1. The highest BCUT2D eigenvalue weighted by atomic mass is 35.5. The van der Waals surface area contributed by atoms with Crippen molar-refractivity contribution in [1.29, 1.82) is 0 Å². The van der Waals surface area contributed by atoms with Gasteiger partial charge in [0.15, 0.2) is 0 Å². The fourth-order valence-corrected chi connectivity index (χ4v) is 1.69. The summed E-state index contributed by atoms with van der Waals surface area (Å²) in [5.41, 5.74) is 6.86. The molecule has 3 nitrogen and oxygen atoms in total. The lowest BCUT2D eigenvalue weighted by Gasteiger charge is -2.13. The minimum absolute atomic E-state index is 0.0507. The number of nitrogens with two attached hydrogens (primary N) is 1. The van der Waals surface area contributed by atoms with Gasteiger partial charge in [0.25, 0.3) is 0 Å². The molecule has 1 aromatic rings. The van der Waals surface area contributed by atoms with E-state index in [-0.39, 0.29) is 12.1 Å². The highest BCUT2D eigenvalue weighted by molar-refractivity contribution is 6.32. The Kier molecular flexibility index (Phi) is 5.75. The van der Waals surface area contributed by atoms with Crippen LogP contribution in [0, 0.1) is 0 Å². The van der Waals surface area contributed by atoms with Crippen molar-refractivity contribution in [2.24, 2.45) is 5.73 Å². The smallest absolute Gasteiger partial charge is 0.138 e. The van der Waals surface area contributed by atoms with E-state index in [2.05, 4.69) is 0 Å². The Labute approximate surface area is 108 Å². The molecular formula is C13H20ClNO2. The quantitative estimate of drug-likeness (QED) is 0.852. The van der Waals surface area contributed by atoms with Crippen molar-refractivity contribution >= 4 is 11.6 Å². The normalized spacial score (nSPS) is 14.4. The molecule has 4 heteroatoms. The van der Waals surface area contributed by atoms with Gasteiger partial charge in [0.1, 0.15) is 12.4 Å². The largest absolute Gasteiger partial charge is 0.489 e. The molecule has 0 amide bonds. The Morgan fingerprint density at radius 3 is 2.59 bits per heavy atom. The van der Waals surface area contributed by atoms with Gasteiger partial charge in [-0.05, 0) is 38.0 Å². The molecule has 0 aliphatic heterocycles. The molecule has 0 aliphatic rings. The van der Waals surface area contributed by atoms with Crippen molar-refractivity contribution in [2.45, 2.75) is 32.4 Å². The van der Waals surface area contributed by atoms with Gasteiger partial charge in [0, 0.05) is 13.2 Å². The molecule has 2 atom stereocenters. The second kappa shape index (κ2) is 6.84. The predicted molar refractivity (Wildman–Crippen MR) is 70.8 cm³/mol. The summed E-state index contributed by atoms with van der Waals surface area (Å²) in [5, 5.41) is 0.617. The van der Waals surface area contributed by atoms with Crippen LogP contribution in [0.1, 0.15) is 19.4 Å². The minimum Gasteiger partial charge on any atom is -0.489 e. The number of rotatable bonds is 6. The Balaban J connectivity index is 2.63. The van der Waals surface area contributed by atoms with Gasteiger partial charge in [-0.3, -0.25) is 0 Å². The molecule has 2 unspecified atom stereocenters. The number of hydrogen-bond donors (Lipinski definition) is 1. The molecule has 0 aliphatic carbocycles. The highest BCUT2D eigenvalue weighted by Crippen LogP contribution is 2.26. The first-order chi connectivity index (χ1) is 8.02. The highest BCUT2D eigenvalue weighted by Gasteiger charge is 2.06. The number of benzene rings is 1. The first kappa shape index (κ1) is 14.3. The molecule has 1 rings (SSSR count). The van der Waals surface area contributed by atoms with Gasteiger partial charge in [-0.2, -0.15) is 0 Å². The maximum Gasteiger partial charge on any atom is 0.138 e. The summed E-state index contributed by atoms with van der Waals surface area (Å²) >= 11 is 6.13. The van der Waals surface area contributed by atoms with Crippen LogP contribution in [-0.2, 0) is 11.2 Å². The van der Waals surface area contributed by atoms with Gasteiger partial charge in [-0.25, -0.2) is 0 Å². The second-order valence-electron chi connectivity index (χ2n) is 4.30. The van der Waals surface area contributed by atoms with Gasteiger partial charge in [-0.1, -0.05) is 17.7 Å². The van der Waals surface area contributed by atoms with E-state index in [1.165, 1.54) is 0 Å². The average Bonchev–Trinajstić information content (AvgIpc) is 2.26. The average molecular weight is 258 g/mol. The lowest BCUT2D eigenvalue weighted by Crippen LogP contribution is -2.18. The summed E-state index contributed by atoms with van der Waals surface area (Å²) < 4.78 is 10.7. The summed E-state index contributed by atoms with van der Waals surface area (Å²) in [7, 11) is 1.65. The second-order valence-corrected chi connectivity index (χ2v) is 4.71. The van der Waals surface area contributed by atoms with Gasteiger partial charge < -0.3 is 15.2 Å². The van der Waals surface area contributed by atoms with Crippen LogP contribution < -0.4 is 10.5 Å². The number of hydrogen-bond acceptors (Lipinski definition) is 3. The van der Waals surface area contributed by atoms with Crippen LogP contribution in [0.3, 0.4) is 0 Å². The van der Waals surface area contributed by atoms with Crippen molar-refractivity contribution in [3.63, 3.8) is 0 Å². The third kappa shape index (κ3) is 4.94. The summed E-state index contributed by atoms with van der Waals surface area (Å²) in [6.45, 7) is 4.40. The molecule has 0 bridgehead atoms. The zero-order valence-electron chi connectivity index (χ0n) is 10.6. The summed E-state index contributed by atoms with van der Waals surface area (Å²) in [6.07, 6.45) is 0.865.